The minimum absolute atomic E-state index is 0.0859. The van der Waals surface area contributed by atoms with Crippen LogP contribution in [0.2, 0.25) is 0 Å². The van der Waals surface area contributed by atoms with Gasteiger partial charge in [0.15, 0.2) is 6.61 Å². The highest BCUT2D eigenvalue weighted by molar-refractivity contribution is 5.95. The zero-order chi connectivity index (χ0) is 14.2. The first-order chi connectivity index (χ1) is 9.62. The lowest BCUT2D eigenvalue weighted by Crippen LogP contribution is -2.39. The molecule has 0 radical (unpaired) electrons. The minimum Gasteiger partial charge on any atom is -0.482 e. The van der Waals surface area contributed by atoms with Crippen molar-refractivity contribution in [3.05, 3.63) is 23.8 Å². The van der Waals surface area contributed by atoms with Gasteiger partial charge in [-0.05, 0) is 44.5 Å². The Bertz CT molecular complexity index is 524. The van der Waals surface area contributed by atoms with Crippen LogP contribution in [-0.4, -0.2) is 31.8 Å². The molecule has 1 aromatic carbocycles. The first-order valence-electron chi connectivity index (χ1n) is 7.00. The van der Waals surface area contributed by atoms with Crippen molar-refractivity contribution in [3.8, 4) is 5.75 Å². The summed E-state index contributed by atoms with van der Waals surface area (Å²) < 4.78 is 11.3. The van der Waals surface area contributed by atoms with Crippen molar-refractivity contribution < 1.29 is 14.3 Å². The van der Waals surface area contributed by atoms with Crippen molar-refractivity contribution in [2.75, 3.05) is 25.6 Å². The Morgan fingerprint density at radius 3 is 3.00 bits per heavy atom. The number of hydrogen-bond donors (Lipinski definition) is 2. The molecular formula is C15H20N2O3. The first-order valence-corrected chi connectivity index (χ1v) is 7.00. The molecule has 2 heterocycles. The summed E-state index contributed by atoms with van der Waals surface area (Å²) in [6.07, 6.45) is 2.11. The lowest BCUT2D eigenvalue weighted by molar-refractivity contribution is -0.118. The van der Waals surface area contributed by atoms with E-state index in [2.05, 4.69) is 17.6 Å². The van der Waals surface area contributed by atoms with Crippen molar-refractivity contribution in [2.24, 2.45) is 0 Å². The van der Waals surface area contributed by atoms with E-state index < -0.39 is 0 Å². The van der Waals surface area contributed by atoms with Crippen molar-refractivity contribution in [3.63, 3.8) is 0 Å². The summed E-state index contributed by atoms with van der Waals surface area (Å²) in [7, 11) is 1.94. The van der Waals surface area contributed by atoms with Crippen molar-refractivity contribution in [2.45, 2.75) is 31.4 Å². The number of ether oxygens (including phenoxy) is 2. The molecule has 2 aliphatic rings. The van der Waals surface area contributed by atoms with E-state index in [-0.39, 0.29) is 24.2 Å². The maximum absolute atomic E-state index is 11.4. The number of nitrogens with one attached hydrogen (secondary N) is 2. The van der Waals surface area contributed by atoms with Gasteiger partial charge < -0.3 is 20.1 Å². The largest absolute Gasteiger partial charge is 0.482 e. The number of hydrogen-bond acceptors (Lipinski definition) is 4. The van der Waals surface area contributed by atoms with Crippen LogP contribution in [0.5, 0.6) is 5.75 Å². The number of amides is 1. The molecule has 2 atom stereocenters. The van der Waals surface area contributed by atoms with Gasteiger partial charge in [-0.3, -0.25) is 4.79 Å². The van der Waals surface area contributed by atoms with Crippen LogP contribution in [0.1, 0.15) is 31.4 Å². The third kappa shape index (κ3) is 2.27. The monoisotopic (exact) mass is 276 g/mol. The molecule has 20 heavy (non-hydrogen) atoms. The molecule has 5 heteroatoms. The SMILES string of the molecule is CNC(c1ccc2c(c1)NC(=O)CO2)C1(C)CCCO1. The third-order valence-corrected chi connectivity index (χ3v) is 4.12. The number of anilines is 1. The van der Waals surface area contributed by atoms with E-state index in [1.54, 1.807) is 0 Å². The predicted octanol–water partition coefficient (Wildman–Crippen LogP) is 1.85. The van der Waals surface area contributed by atoms with Gasteiger partial charge in [-0.25, -0.2) is 0 Å². The van der Waals surface area contributed by atoms with E-state index in [4.69, 9.17) is 9.47 Å². The van der Waals surface area contributed by atoms with Crippen LogP contribution >= 0.6 is 0 Å². The Labute approximate surface area is 118 Å². The van der Waals surface area contributed by atoms with Gasteiger partial charge in [-0.15, -0.1) is 0 Å². The highest BCUT2D eigenvalue weighted by Gasteiger charge is 2.38. The number of carbonyl (C=O) groups is 1. The molecule has 2 N–H and O–H groups in total. The Balaban J connectivity index is 1.92. The lowest BCUT2D eigenvalue weighted by atomic mass is 9.87. The van der Waals surface area contributed by atoms with Crippen LogP contribution in [0.15, 0.2) is 18.2 Å². The fourth-order valence-corrected chi connectivity index (χ4v) is 3.13. The smallest absolute Gasteiger partial charge is 0.262 e. The summed E-state index contributed by atoms with van der Waals surface area (Å²) >= 11 is 0. The maximum atomic E-state index is 11.4. The van der Waals surface area contributed by atoms with Crippen LogP contribution in [0.4, 0.5) is 5.69 Å². The topological polar surface area (TPSA) is 59.6 Å². The Kier molecular flexibility index (Phi) is 3.40. The zero-order valence-corrected chi connectivity index (χ0v) is 11.9. The van der Waals surface area contributed by atoms with Crippen LogP contribution < -0.4 is 15.4 Å². The highest BCUT2D eigenvalue weighted by atomic mass is 16.5. The van der Waals surface area contributed by atoms with Crippen molar-refractivity contribution >= 4 is 11.6 Å². The summed E-state index contributed by atoms with van der Waals surface area (Å²) in [5.74, 6) is 0.611. The van der Waals surface area contributed by atoms with Crippen LogP contribution in [0, 0.1) is 0 Å². The molecular weight excluding hydrogens is 256 g/mol. The molecule has 0 aliphatic carbocycles. The van der Waals surface area contributed by atoms with E-state index in [1.807, 2.05) is 25.2 Å². The van der Waals surface area contributed by atoms with Crippen molar-refractivity contribution in [1.29, 1.82) is 0 Å². The standard InChI is InChI=1S/C15H20N2O3/c1-15(6-3-7-20-15)14(16-2)10-4-5-12-11(8-10)17-13(18)9-19-12/h4-5,8,14,16H,3,6-7,9H2,1-2H3,(H,17,18). The molecule has 0 bridgehead atoms. The van der Waals surface area contributed by atoms with Gasteiger partial charge in [0.2, 0.25) is 0 Å². The second-order valence-corrected chi connectivity index (χ2v) is 5.58. The average molecular weight is 276 g/mol. The number of fused-ring (bicyclic) bond motifs is 1. The Hall–Kier alpha value is -1.59. The van der Waals surface area contributed by atoms with Gasteiger partial charge in [0.05, 0.1) is 17.3 Å². The second kappa shape index (κ2) is 5.07. The molecule has 1 saturated heterocycles. The summed E-state index contributed by atoms with van der Waals surface area (Å²) in [6.45, 7) is 3.03. The van der Waals surface area contributed by atoms with E-state index in [1.165, 1.54) is 0 Å². The summed E-state index contributed by atoms with van der Waals surface area (Å²) in [5.41, 5.74) is 1.63. The Morgan fingerprint density at radius 1 is 1.45 bits per heavy atom. The van der Waals surface area contributed by atoms with Gasteiger partial charge in [0, 0.05) is 6.61 Å². The number of rotatable bonds is 3. The molecule has 3 rings (SSSR count). The minimum atomic E-state index is -0.206. The van der Waals surface area contributed by atoms with E-state index in [0.29, 0.717) is 0 Å². The second-order valence-electron chi connectivity index (χ2n) is 5.58. The fraction of sp³-hybridized carbons (Fsp3) is 0.533. The van der Waals surface area contributed by atoms with Crippen LogP contribution in [0.25, 0.3) is 0 Å². The molecule has 1 fully saturated rings. The normalized spacial score (nSPS) is 26.6. The Morgan fingerprint density at radius 2 is 2.30 bits per heavy atom. The van der Waals surface area contributed by atoms with Gasteiger partial charge in [-0.2, -0.15) is 0 Å². The number of likely N-dealkylation sites (N-methyl/N-ethyl adjacent to an activating group) is 1. The molecule has 1 amide bonds. The number of benzene rings is 1. The summed E-state index contributed by atoms with van der Waals surface area (Å²) in [4.78, 5) is 11.4. The predicted molar refractivity (Wildman–Crippen MR) is 76.0 cm³/mol. The van der Waals surface area contributed by atoms with Gasteiger partial charge in [0.1, 0.15) is 5.75 Å². The summed E-state index contributed by atoms with van der Waals surface area (Å²) in [5, 5.41) is 6.19. The van der Waals surface area contributed by atoms with E-state index in [9.17, 15) is 4.79 Å². The lowest BCUT2D eigenvalue weighted by Gasteiger charge is -2.34. The average Bonchev–Trinajstić information content (AvgIpc) is 2.86. The molecule has 1 aromatic rings. The van der Waals surface area contributed by atoms with Crippen LogP contribution in [0.3, 0.4) is 0 Å². The summed E-state index contributed by atoms with van der Waals surface area (Å²) in [6, 6.07) is 6.01. The molecule has 0 aromatic heterocycles. The maximum Gasteiger partial charge on any atom is 0.262 e. The van der Waals surface area contributed by atoms with E-state index in [0.717, 1.165) is 36.4 Å². The number of carbonyl (C=O) groups excluding carboxylic acids is 1. The van der Waals surface area contributed by atoms with Crippen molar-refractivity contribution in [1.82, 2.24) is 5.32 Å². The van der Waals surface area contributed by atoms with Gasteiger partial charge >= 0.3 is 0 Å². The quantitative estimate of drug-likeness (QED) is 0.884. The molecule has 0 saturated carbocycles. The zero-order valence-electron chi connectivity index (χ0n) is 11.9. The molecule has 2 aliphatic heterocycles. The highest BCUT2D eigenvalue weighted by Crippen LogP contribution is 2.39. The third-order valence-electron chi connectivity index (χ3n) is 4.12. The van der Waals surface area contributed by atoms with E-state index >= 15 is 0 Å². The molecule has 0 spiro atoms. The van der Waals surface area contributed by atoms with Gasteiger partial charge in [0.25, 0.3) is 5.91 Å². The molecule has 5 nitrogen and oxygen atoms in total. The molecule has 2 unspecified atom stereocenters. The van der Waals surface area contributed by atoms with Crippen LogP contribution in [-0.2, 0) is 9.53 Å². The fourth-order valence-electron chi connectivity index (χ4n) is 3.13. The molecule has 108 valence electrons. The first kappa shape index (κ1) is 13.4. The van der Waals surface area contributed by atoms with Gasteiger partial charge in [-0.1, -0.05) is 6.07 Å².